The van der Waals surface area contributed by atoms with Crippen molar-refractivity contribution in [2.75, 3.05) is 26.3 Å². The van der Waals surface area contributed by atoms with Gasteiger partial charge in [-0.15, -0.1) is 0 Å². The molecule has 28 heavy (non-hydrogen) atoms. The third-order valence-corrected chi connectivity index (χ3v) is 6.33. The van der Waals surface area contributed by atoms with E-state index in [1.807, 2.05) is 24.8 Å². The minimum absolute atomic E-state index is 0.0313. The molecule has 2 saturated heterocycles. The fraction of sp³-hybridized carbons (Fsp3) is 0.619. The van der Waals surface area contributed by atoms with E-state index >= 15 is 0 Å². The van der Waals surface area contributed by atoms with E-state index in [1.54, 1.807) is 12.1 Å². The maximum Gasteiger partial charge on any atom is 0.233 e. The van der Waals surface area contributed by atoms with Gasteiger partial charge in [0.05, 0.1) is 5.41 Å². The number of nitrogens with one attached hydrogen (secondary N) is 1. The van der Waals surface area contributed by atoms with Crippen LogP contribution in [0.5, 0.6) is 0 Å². The number of piperidine rings is 1. The minimum Gasteiger partial charge on any atom is -0.381 e. The molecule has 0 radical (unpaired) electrons. The number of amides is 2. The molecule has 1 N–H and O–H groups in total. The van der Waals surface area contributed by atoms with E-state index in [-0.39, 0.29) is 23.8 Å². The molecular weight excluding hydrogens is 399 g/mol. The van der Waals surface area contributed by atoms with Gasteiger partial charge in [-0.3, -0.25) is 9.59 Å². The lowest BCUT2D eigenvalue weighted by Gasteiger charge is -2.42. The number of ether oxygens (including phenoxy) is 1. The van der Waals surface area contributed by atoms with Gasteiger partial charge >= 0.3 is 0 Å². The van der Waals surface area contributed by atoms with Gasteiger partial charge in [-0.2, -0.15) is 0 Å². The smallest absolute Gasteiger partial charge is 0.233 e. The highest BCUT2D eigenvalue weighted by Gasteiger charge is 2.46. The summed E-state index contributed by atoms with van der Waals surface area (Å²) in [4.78, 5) is 27.8. The van der Waals surface area contributed by atoms with E-state index in [0.29, 0.717) is 62.0 Å². The van der Waals surface area contributed by atoms with Gasteiger partial charge in [0.1, 0.15) is 0 Å². The van der Waals surface area contributed by atoms with E-state index in [1.165, 1.54) is 0 Å². The molecule has 0 aliphatic carbocycles. The Labute approximate surface area is 176 Å². The first-order valence-electron chi connectivity index (χ1n) is 9.96. The Kier molecular flexibility index (Phi) is 6.89. The van der Waals surface area contributed by atoms with Crippen LogP contribution in [0.15, 0.2) is 18.2 Å². The third kappa shape index (κ3) is 4.47. The molecule has 0 aromatic heterocycles. The van der Waals surface area contributed by atoms with Gasteiger partial charge in [0, 0.05) is 48.3 Å². The van der Waals surface area contributed by atoms with Crippen LogP contribution in [0.3, 0.4) is 0 Å². The van der Waals surface area contributed by atoms with Crippen LogP contribution in [0.4, 0.5) is 0 Å². The van der Waals surface area contributed by atoms with Crippen LogP contribution in [0.2, 0.25) is 10.0 Å². The highest BCUT2D eigenvalue weighted by Crippen LogP contribution is 2.41. The summed E-state index contributed by atoms with van der Waals surface area (Å²) in [6, 6.07) is 5.49. The second-order valence-electron chi connectivity index (χ2n) is 8.05. The van der Waals surface area contributed by atoms with Gasteiger partial charge in [0.15, 0.2) is 0 Å². The Bertz CT molecular complexity index is 724. The van der Waals surface area contributed by atoms with Crippen LogP contribution in [-0.4, -0.2) is 49.1 Å². The van der Waals surface area contributed by atoms with E-state index < -0.39 is 5.41 Å². The highest BCUT2D eigenvalue weighted by atomic mass is 35.5. The highest BCUT2D eigenvalue weighted by molar-refractivity contribution is 6.35. The van der Waals surface area contributed by atoms with Gasteiger partial charge in [0.2, 0.25) is 11.8 Å². The lowest BCUT2D eigenvalue weighted by molar-refractivity contribution is -0.144. The number of halogens is 2. The molecule has 0 bridgehead atoms. The lowest BCUT2D eigenvalue weighted by atomic mass is 9.72. The van der Waals surface area contributed by atoms with E-state index in [4.69, 9.17) is 27.9 Å². The van der Waals surface area contributed by atoms with Crippen molar-refractivity contribution in [1.29, 1.82) is 0 Å². The summed E-state index contributed by atoms with van der Waals surface area (Å²) in [5, 5.41) is 4.06. The van der Waals surface area contributed by atoms with E-state index in [9.17, 15) is 9.59 Å². The van der Waals surface area contributed by atoms with Crippen molar-refractivity contribution in [1.82, 2.24) is 10.2 Å². The fourth-order valence-corrected chi connectivity index (χ4v) is 4.84. The van der Waals surface area contributed by atoms with Crippen LogP contribution in [0.1, 0.15) is 45.1 Å². The monoisotopic (exact) mass is 426 g/mol. The summed E-state index contributed by atoms with van der Waals surface area (Å²) in [5.41, 5.74) is 0.138. The second kappa shape index (κ2) is 9.02. The molecule has 2 heterocycles. The average molecular weight is 427 g/mol. The standard InChI is InChI=1S/C21H28Cl2N2O3/c1-14(2)24-19(26)15-5-9-25(10-6-15)20(27)21(7-11-28-12-8-21)17-4-3-16(22)13-18(17)23/h3-4,13-15H,5-12H2,1-2H3,(H,24,26). The zero-order valence-corrected chi connectivity index (χ0v) is 18.0. The summed E-state index contributed by atoms with van der Waals surface area (Å²) in [6.45, 7) is 6.14. The maximum absolute atomic E-state index is 13.6. The van der Waals surface area contributed by atoms with Crippen LogP contribution in [0.25, 0.3) is 0 Å². The maximum atomic E-state index is 13.6. The summed E-state index contributed by atoms with van der Waals surface area (Å²) >= 11 is 12.6. The van der Waals surface area contributed by atoms with Crippen molar-refractivity contribution in [3.05, 3.63) is 33.8 Å². The molecule has 3 rings (SSSR count). The van der Waals surface area contributed by atoms with Crippen LogP contribution in [-0.2, 0) is 19.7 Å². The first kappa shape index (κ1) is 21.4. The number of nitrogens with zero attached hydrogens (tertiary/aromatic N) is 1. The van der Waals surface area contributed by atoms with Crippen LogP contribution < -0.4 is 5.32 Å². The second-order valence-corrected chi connectivity index (χ2v) is 8.89. The van der Waals surface area contributed by atoms with Crippen molar-refractivity contribution in [3.8, 4) is 0 Å². The number of carbonyl (C=O) groups is 2. The molecule has 154 valence electrons. The first-order chi connectivity index (χ1) is 13.3. The lowest BCUT2D eigenvalue weighted by Crippen LogP contribution is -2.53. The summed E-state index contributed by atoms with van der Waals surface area (Å²) in [7, 11) is 0. The van der Waals surface area contributed by atoms with Gasteiger partial charge < -0.3 is 15.0 Å². The molecule has 7 heteroatoms. The fourth-order valence-electron chi connectivity index (χ4n) is 4.25. The number of likely N-dealkylation sites (tertiary alicyclic amines) is 1. The number of benzene rings is 1. The quantitative estimate of drug-likeness (QED) is 0.795. The topological polar surface area (TPSA) is 58.6 Å². The third-order valence-electron chi connectivity index (χ3n) is 5.79. The Morgan fingerprint density at radius 1 is 1.18 bits per heavy atom. The summed E-state index contributed by atoms with van der Waals surface area (Å²) in [5.74, 6) is 0.141. The molecule has 2 amide bonds. The molecule has 0 saturated carbocycles. The van der Waals surface area contributed by atoms with Gasteiger partial charge in [-0.05, 0) is 57.2 Å². The predicted octanol–water partition coefficient (Wildman–Crippen LogP) is 3.80. The Balaban J connectivity index is 1.77. The average Bonchev–Trinajstić information content (AvgIpc) is 2.67. The first-order valence-corrected chi connectivity index (χ1v) is 10.7. The molecule has 5 nitrogen and oxygen atoms in total. The predicted molar refractivity (Wildman–Crippen MR) is 111 cm³/mol. The zero-order valence-electron chi connectivity index (χ0n) is 16.5. The Hall–Kier alpha value is -1.30. The number of rotatable bonds is 4. The summed E-state index contributed by atoms with van der Waals surface area (Å²) in [6.07, 6.45) is 2.57. The van der Waals surface area contributed by atoms with Gasteiger partial charge in [-0.1, -0.05) is 29.3 Å². The van der Waals surface area contributed by atoms with Crippen molar-refractivity contribution in [2.24, 2.45) is 5.92 Å². The van der Waals surface area contributed by atoms with Crippen molar-refractivity contribution < 1.29 is 14.3 Å². The van der Waals surface area contributed by atoms with Crippen molar-refractivity contribution in [2.45, 2.75) is 51.0 Å². The normalized spacial score (nSPS) is 20.2. The molecule has 2 aliphatic rings. The molecule has 2 aliphatic heterocycles. The minimum atomic E-state index is -0.688. The molecule has 0 spiro atoms. The van der Waals surface area contributed by atoms with Crippen LogP contribution in [0, 0.1) is 5.92 Å². The van der Waals surface area contributed by atoms with E-state index in [2.05, 4.69) is 5.32 Å². The molecular formula is C21H28Cl2N2O3. The molecule has 0 unspecified atom stereocenters. The van der Waals surface area contributed by atoms with Crippen molar-refractivity contribution in [3.63, 3.8) is 0 Å². The number of carbonyl (C=O) groups excluding carboxylic acids is 2. The largest absolute Gasteiger partial charge is 0.381 e. The van der Waals surface area contributed by atoms with Gasteiger partial charge in [0.25, 0.3) is 0 Å². The number of hydrogen-bond acceptors (Lipinski definition) is 3. The van der Waals surface area contributed by atoms with Gasteiger partial charge in [-0.25, -0.2) is 0 Å². The molecule has 1 aromatic rings. The summed E-state index contributed by atoms with van der Waals surface area (Å²) < 4.78 is 5.54. The van der Waals surface area contributed by atoms with E-state index in [0.717, 1.165) is 5.56 Å². The molecule has 1 aromatic carbocycles. The zero-order chi connectivity index (χ0) is 20.3. The molecule has 0 atom stereocenters. The number of hydrogen-bond donors (Lipinski definition) is 1. The molecule has 2 fully saturated rings. The Morgan fingerprint density at radius 2 is 1.82 bits per heavy atom. The SMILES string of the molecule is CC(C)NC(=O)C1CCN(C(=O)C2(c3ccc(Cl)cc3Cl)CCOCC2)CC1. The Morgan fingerprint density at radius 3 is 2.39 bits per heavy atom. The van der Waals surface area contributed by atoms with Crippen molar-refractivity contribution >= 4 is 35.0 Å². The van der Waals surface area contributed by atoms with Crippen LogP contribution >= 0.6 is 23.2 Å².